The molecule has 3 heterocycles. The maximum atomic E-state index is 13.6. The normalized spacial score (nSPS) is 12.4. The Kier molecular flexibility index (Phi) is 5.09. The fourth-order valence-electron chi connectivity index (χ4n) is 3.31. The van der Waals surface area contributed by atoms with Crippen molar-refractivity contribution in [3.05, 3.63) is 48.2 Å². The quantitative estimate of drug-likeness (QED) is 0.428. The highest BCUT2D eigenvalue weighted by atomic mass is 19.1. The van der Waals surface area contributed by atoms with Crippen LogP contribution in [0.5, 0.6) is 0 Å². The molecule has 0 fully saturated rings. The number of carbonyl (C=O) groups excluding carboxylic acids is 1. The number of carbonyl (C=O) groups is 1. The molecule has 3 aromatic heterocycles. The smallest absolute Gasteiger partial charge is 0.222 e. The van der Waals surface area contributed by atoms with Crippen LogP contribution in [0.2, 0.25) is 0 Å². The largest absolute Gasteiger partial charge is 0.396 e. The lowest BCUT2D eigenvalue weighted by atomic mass is 9.91. The van der Waals surface area contributed by atoms with Crippen LogP contribution in [0.3, 0.4) is 0 Å². The van der Waals surface area contributed by atoms with E-state index in [9.17, 15) is 9.18 Å². The van der Waals surface area contributed by atoms with E-state index in [0.29, 0.717) is 33.4 Å². The Morgan fingerprint density at radius 3 is 2.93 bits per heavy atom. The molecule has 8 nitrogen and oxygen atoms in total. The van der Waals surface area contributed by atoms with Gasteiger partial charge in [-0.15, -0.1) is 0 Å². The molecule has 0 bridgehead atoms. The molecule has 0 aliphatic carbocycles. The highest BCUT2D eigenvalue weighted by Gasteiger charge is 2.20. The number of fused-ring (bicyclic) bond motifs is 2. The number of nitrogen functional groups attached to an aromatic ring is 1. The number of hydrogen-bond donors (Lipinski definition) is 3. The Morgan fingerprint density at radius 1 is 1.37 bits per heavy atom. The molecule has 0 aliphatic heterocycles. The SMILES string of the molecule is [B]c1c(C(C)NC(=O)CCO)nc2c(-c3cnc4ccc(F)cc4c3)cnn2c1N. The van der Waals surface area contributed by atoms with Crippen LogP contribution in [0, 0.1) is 5.82 Å². The summed E-state index contributed by atoms with van der Waals surface area (Å²) in [5.74, 6) is -0.505. The average Bonchev–Trinajstić information content (AvgIpc) is 3.14. The van der Waals surface area contributed by atoms with E-state index in [-0.39, 0.29) is 36.0 Å². The molecular formula is C20H18BFN6O2. The van der Waals surface area contributed by atoms with Gasteiger partial charge in [0.25, 0.3) is 0 Å². The lowest BCUT2D eigenvalue weighted by Crippen LogP contribution is -2.33. The minimum atomic E-state index is -0.539. The molecule has 4 rings (SSSR count). The average molecular weight is 404 g/mol. The van der Waals surface area contributed by atoms with Crippen LogP contribution in [0.15, 0.2) is 36.7 Å². The van der Waals surface area contributed by atoms with Crippen LogP contribution >= 0.6 is 0 Å². The minimum Gasteiger partial charge on any atom is -0.396 e. The predicted molar refractivity (Wildman–Crippen MR) is 112 cm³/mol. The van der Waals surface area contributed by atoms with E-state index >= 15 is 0 Å². The standard InChI is InChI=1S/C20H18BFN6O2/c1-10(26-16(30)4-5-29)18-17(21)19(23)28-20(27-18)14(9-25-28)12-6-11-7-13(22)2-3-15(11)24-8-12/h2-3,6-10,29H,4-5,23H2,1H3,(H,26,30). The zero-order valence-electron chi connectivity index (χ0n) is 16.1. The lowest BCUT2D eigenvalue weighted by molar-refractivity contribution is -0.122. The van der Waals surface area contributed by atoms with E-state index in [1.807, 2.05) is 0 Å². The van der Waals surface area contributed by atoms with E-state index < -0.39 is 6.04 Å². The molecule has 0 aliphatic rings. The van der Waals surface area contributed by atoms with E-state index in [0.717, 1.165) is 0 Å². The number of benzene rings is 1. The summed E-state index contributed by atoms with van der Waals surface area (Å²) >= 11 is 0. The van der Waals surface area contributed by atoms with Crippen molar-refractivity contribution >= 4 is 41.6 Å². The maximum absolute atomic E-state index is 13.6. The number of amides is 1. The fraction of sp³-hybridized carbons (Fsp3) is 0.200. The van der Waals surface area contributed by atoms with Gasteiger partial charge in [0, 0.05) is 29.1 Å². The Labute approximate surface area is 172 Å². The second-order valence-electron chi connectivity index (χ2n) is 6.91. The van der Waals surface area contributed by atoms with Crippen molar-refractivity contribution in [2.24, 2.45) is 0 Å². The molecule has 2 radical (unpaired) electrons. The number of aliphatic hydroxyl groups excluding tert-OH is 1. The van der Waals surface area contributed by atoms with Crippen molar-refractivity contribution in [1.29, 1.82) is 0 Å². The molecule has 0 saturated heterocycles. The monoisotopic (exact) mass is 404 g/mol. The van der Waals surface area contributed by atoms with Gasteiger partial charge in [-0.05, 0) is 36.7 Å². The number of pyridine rings is 1. The third kappa shape index (κ3) is 3.46. The summed E-state index contributed by atoms with van der Waals surface area (Å²) < 4.78 is 15.0. The van der Waals surface area contributed by atoms with Crippen LogP contribution in [0.1, 0.15) is 25.1 Å². The van der Waals surface area contributed by atoms with Gasteiger partial charge in [-0.25, -0.2) is 9.37 Å². The minimum absolute atomic E-state index is 0.0285. The van der Waals surface area contributed by atoms with Gasteiger partial charge in [-0.1, -0.05) is 0 Å². The zero-order valence-corrected chi connectivity index (χ0v) is 16.1. The Morgan fingerprint density at radius 2 is 2.17 bits per heavy atom. The molecule has 1 aromatic carbocycles. The molecule has 10 heteroatoms. The third-order valence-corrected chi connectivity index (χ3v) is 4.83. The first kappa shape index (κ1) is 19.8. The molecule has 1 amide bonds. The number of hydrogen-bond acceptors (Lipinski definition) is 6. The highest BCUT2D eigenvalue weighted by molar-refractivity contribution is 6.36. The van der Waals surface area contributed by atoms with Crippen LogP contribution < -0.4 is 16.5 Å². The van der Waals surface area contributed by atoms with Crippen molar-refractivity contribution in [3.63, 3.8) is 0 Å². The maximum Gasteiger partial charge on any atom is 0.222 e. The number of nitrogens with two attached hydrogens (primary N) is 1. The van der Waals surface area contributed by atoms with Crippen molar-refractivity contribution in [1.82, 2.24) is 24.9 Å². The fourth-order valence-corrected chi connectivity index (χ4v) is 3.31. The topological polar surface area (TPSA) is 118 Å². The Balaban J connectivity index is 1.82. The molecule has 150 valence electrons. The van der Waals surface area contributed by atoms with E-state index in [1.54, 1.807) is 31.5 Å². The lowest BCUT2D eigenvalue weighted by Gasteiger charge is -2.18. The van der Waals surface area contributed by atoms with Crippen LogP contribution in [0.4, 0.5) is 10.2 Å². The molecule has 0 saturated carbocycles. The predicted octanol–water partition coefficient (Wildman–Crippen LogP) is 1.02. The molecule has 0 spiro atoms. The van der Waals surface area contributed by atoms with Gasteiger partial charge in [0.2, 0.25) is 5.91 Å². The van der Waals surface area contributed by atoms with Crippen molar-refractivity contribution < 1.29 is 14.3 Å². The number of rotatable bonds is 5. The van der Waals surface area contributed by atoms with E-state index in [4.69, 9.17) is 18.7 Å². The Bertz CT molecular complexity index is 1280. The van der Waals surface area contributed by atoms with Crippen LogP contribution in [-0.2, 0) is 4.79 Å². The van der Waals surface area contributed by atoms with Gasteiger partial charge in [0.05, 0.1) is 30.1 Å². The molecule has 4 N–H and O–H groups in total. The molecule has 30 heavy (non-hydrogen) atoms. The van der Waals surface area contributed by atoms with Gasteiger partial charge < -0.3 is 16.2 Å². The van der Waals surface area contributed by atoms with Crippen LogP contribution in [0.25, 0.3) is 27.7 Å². The highest BCUT2D eigenvalue weighted by Crippen LogP contribution is 2.27. The summed E-state index contributed by atoms with van der Waals surface area (Å²) in [4.78, 5) is 20.8. The summed E-state index contributed by atoms with van der Waals surface area (Å²) in [6.07, 6.45) is 3.20. The van der Waals surface area contributed by atoms with Gasteiger partial charge in [0.15, 0.2) is 5.65 Å². The van der Waals surface area contributed by atoms with Gasteiger partial charge in [-0.3, -0.25) is 9.78 Å². The third-order valence-electron chi connectivity index (χ3n) is 4.83. The Hall–Kier alpha value is -3.53. The number of aromatic nitrogens is 4. The summed E-state index contributed by atoms with van der Waals surface area (Å²) in [7, 11) is 6.14. The summed E-state index contributed by atoms with van der Waals surface area (Å²) in [6, 6.07) is 5.62. The number of aliphatic hydroxyl groups is 1. The van der Waals surface area contributed by atoms with Crippen LogP contribution in [-0.4, -0.2) is 45.0 Å². The molecule has 4 aromatic rings. The van der Waals surface area contributed by atoms with Crippen molar-refractivity contribution in [2.75, 3.05) is 12.3 Å². The molecular weight excluding hydrogens is 386 g/mol. The van der Waals surface area contributed by atoms with E-state index in [1.165, 1.54) is 16.6 Å². The first-order valence-electron chi connectivity index (χ1n) is 9.27. The number of nitrogens with zero attached hydrogens (tertiary/aromatic N) is 4. The van der Waals surface area contributed by atoms with Gasteiger partial charge >= 0.3 is 0 Å². The first-order valence-corrected chi connectivity index (χ1v) is 9.27. The second-order valence-corrected chi connectivity index (χ2v) is 6.91. The number of nitrogens with one attached hydrogen (secondary N) is 1. The summed E-state index contributed by atoms with van der Waals surface area (Å²) in [5, 5.41) is 16.6. The van der Waals surface area contributed by atoms with Gasteiger partial charge in [0.1, 0.15) is 19.5 Å². The zero-order chi connectivity index (χ0) is 21.4. The van der Waals surface area contributed by atoms with Gasteiger partial charge in [-0.2, -0.15) is 9.61 Å². The summed E-state index contributed by atoms with van der Waals surface area (Å²) in [6.45, 7) is 1.46. The van der Waals surface area contributed by atoms with E-state index in [2.05, 4.69) is 20.4 Å². The summed E-state index contributed by atoms with van der Waals surface area (Å²) in [5.41, 5.74) is 9.16. The molecule has 1 atom stereocenters. The number of halogens is 1. The second kappa shape index (κ2) is 7.71. The van der Waals surface area contributed by atoms with Crippen molar-refractivity contribution in [2.45, 2.75) is 19.4 Å². The molecule has 1 unspecified atom stereocenters. The van der Waals surface area contributed by atoms with Crippen molar-refractivity contribution in [3.8, 4) is 11.1 Å². The first-order chi connectivity index (χ1) is 14.4. The number of anilines is 1.